The SMILES string of the molecule is Cc1ccc(-c2nn3c(c2C)NC(=O)C[C@@H]3C(=O)Nc2ccccc2)cc1. The Labute approximate surface area is 157 Å². The third-order valence-electron chi connectivity index (χ3n) is 4.75. The van der Waals surface area contributed by atoms with E-state index in [0.717, 1.165) is 22.4 Å². The Kier molecular flexibility index (Phi) is 4.24. The van der Waals surface area contributed by atoms with Crippen LogP contribution >= 0.6 is 0 Å². The molecule has 1 atom stereocenters. The van der Waals surface area contributed by atoms with Gasteiger partial charge < -0.3 is 10.6 Å². The van der Waals surface area contributed by atoms with Gasteiger partial charge >= 0.3 is 0 Å². The molecule has 0 spiro atoms. The minimum atomic E-state index is -0.688. The lowest BCUT2D eigenvalue weighted by Gasteiger charge is -2.24. The number of benzene rings is 2. The average Bonchev–Trinajstić information content (AvgIpc) is 2.99. The number of hydrogen-bond acceptors (Lipinski definition) is 3. The van der Waals surface area contributed by atoms with Gasteiger partial charge in [0.2, 0.25) is 11.8 Å². The number of hydrogen-bond donors (Lipinski definition) is 2. The summed E-state index contributed by atoms with van der Waals surface area (Å²) in [6.45, 7) is 3.94. The Morgan fingerprint density at radius 1 is 1.11 bits per heavy atom. The summed E-state index contributed by atoms with van der Waals surface area (Å²) in [6, 6.07) is 16.6. The third kappa shape index (κ3) is 3.21. The summed E-state index contributed by atoms with van der Waals surface area (Å²) in [5.74, 6) is 0.138. The summed E-state index contributed by atoms with van der Waals surface area (Å²) in [5.41, 5.74) is 4.43. The molecule has 0 saturated heterocycles. The molecule has 3 aromatic rings. The summed E-state index contributed by atoms with van der Waals surface area (Å²) >= 11 is 0. The standard InChI is InChI=1S/C21H20N4O2/c1-13-8-10-15(11-9-13)19-14(2)20-23-18(26)12-17(25(20)24-19)21(27)22-16-6-4-3-5-7-16/h3-11,17H,12H2,1-2H3,(H,22,27)(H,23,26)/t17-/m1/s1. The first-order chi connectivity index (χ1) is 13.0. The monoisotopic (exact) mass is 360 g/mol. The molecule has 2 N–H and O–H groups in total. The van der Waals surface area contributed by atoms with E-state index < -0.39 is 6.04 Å². The van der Waals surface area contributed by atoms with Crippen molar-refractivity contribution in [2.45, 2.75) is 26.3 Å². The molecule has 1 aliphatic rings. The Bertz CT molecular complexity index is 1010. The van der Waals surface area contributed by atoms with Gasteiger partial charge in [-0.2, -0.15) is 5.10 Å². The summed E-state index contributed by atoms with van der Waals surface area (Å²) < 4.78 is 1.63. The summed E-state index contributed by atoms with van der Waals surface area (Å²) in [5, 5.41) is 10.4. The van der Waals surface area contributed by atoms with E-state index in [0.29, 0.717) is 11.5 Å². The maximum atomic E-state index is 12.8. The summed E-state index contributed by atoms with van der Waals surface area (Å²) in [7, 11) is 0. The number of amides is 2. The number of anilines is 2. The zero-order valence-corrected chi connectivity index (χ0v) is 15.2. The number of nitrogens with one attached hydrogen (secondary N) is 2. The van der Waals surface area contributed by atoms with Crippen LogP contribution in [0.15, 0.2) is 54.6 Å². The molecule has 6 heteroatoms. The van der Waals surface area contributed by atoms with Gasteiger partial charge in [0, 0.05) is 16.8 Å². The van der Waals surface area contributed by atoms with Crippen molar-refractivity contribution in [3.8, 4) is 11.3 Å². The molecule has 2 aromatic carbocycles. The number of rotatable bonds is 3. The van der Waals surface area contributed by atoms with Crippen LogP contribution in [0.1, 0.15) is 23.6 Å². The minimum absolute atomic E-state index is 0.0557. The highest BCUT2D eigenvalue weighted by molar-refractivity contribution is 6.02. The lowest BCUT2D eigenvalue weighted by Crippen LogP contribution is -2.35. The van der Waals surface area contributed by atoms with Gasteiger partial charge in [-0.25, -0.2) is 4.68 Å². The quantitative estimate of drug-likeness (QED) is 0.748. The van der Waals surface area contributed by atoms with E-state index in [1.165, 1.54) is 0 Å². The second kappa shape index (κ2) is 6.72. The second-order valence-corrected chi connectivity index (χ2v) is 6.76. The first-order valence-electron chi connectivity index (χ1n) is 8.85. The fourth-order valence-electron chi connectivity index (χ4n) is 3.27. The average molecular weight is 360 g/mol. The van der Waals surface area contributed by atoms with Crippen molar-refractivity contribution in [3.63, 3.8) is 0 Å². The highest BCUT2D eigenvalue weighted by Gasteiger charge is 2.34. The normalized spacial score (nSPS) is 15.8. The first-order valence-corrected chi connectivity index (χ1v) is 8.85. The van der Waals surface area contributed by atoms with Crippen molar-refractivity contribution in [1.29, 1.82) is 0 Å². The van der Waals surface area contributed by atoms with E-state index in [9.17, 15) is 9.59 Å². The highest BCUT2D eigenvalue weighted by Crippen LogP contribution is 2.34. The number of nitrogens with zero attached hydrogens (tertiary/aromatic N) is 2. The van der Waals surface area contributed by atoms with Crippen LogP contribution in [-0.2, 0) is 9.59 Å². The molecule has 4 rings (SSSR count). The topological polar surface area (TPSA) is 76.0 Å². The van der Waals surface area contributed by atoms with E-state index in [1.54, 1.807) is 4.68 Å². The maximum absolute atomic E-state index is 12.8. The van der Waals surface area contributed by atoms with Gasteiger partial charge in [-0.05, 0) is 26.0 Å². The van der Waals surface area contributed by atoms with Gasteiger partial charge in [-0.15, -0.1) is 0 Å². The van der Waals surface area contributed by atoms with Gasteiger partial charge in [0.1, 0.15) is 11.9 Å². The zero-order valence-electron chi connectivity index (χ0n) is 15.2. The molecular weight excluding hydrogens is 340 g/mol. The molecule has 1 aromatic heterocycles. The van der Waals surface area contributed by atoms with Crippen molar-refractivity contribution in [2.75, 3.05) is 10.6 Å². The maximum Gasteiger partial charge on any atom is 0.249 e. The highest BCUT2D eigenvalue weighted by atomic mass is 16.2. The Morgan fingerprint density at radius 3 is 2.52 bits per heavy atom. The van der Waals surface area contributed by atoms with Gasteiger partial charge in [-0.3, -0.25) is 9.59 Å². The predicted octanol–water partition coefficient (Wildman–Crippen LogP) is 3.69. The largest absolute Gasteiger partial charge is 0.324 e. The first kappa shape index (κ1) is 17.0. The molecule has 0 aliphatic carbocycles. The minimum Gasteiger partial charge on any atom is -0.324 e. The number of aryl methyl sites for hydroxylation is 1. The lowest BCUT2D eigenvalue weighted by molar-refractivity contribution is -0.125. The molecule has 136 valence electrons. The van der Waals surface area contributed by atoms with E-state index in [4.69, 9.17) is 0 Å². The molecule has 2 heterocycles. The van der Waals surface area contributed by atoms with Crippen LogP contribution in [0, 0.1) is 13.8 Å². The zero-order chi connectivity index (χ0) is 19.0. The molecule has 0 fully saturated rings. The van der Waals surface area contributed by atoms with Crippen LogP contribution in [0.25, 0.3) is 11.3 Å². The van der Waals surface area contributed by atoms with Crippen LogP contribution in [0.5, 0.6) is 0 Å². The molecule has 0 radical (unpaired) electrons. The molecule has 27 heavy (non-hydrogen) atoms. The fraction of sp³-hybridized carbons (Fsp3) is 0.190. The van der Waals surface area contributed by atoms with Crippen LogP contribution in [-0.4, -0.2) is 21.6 Å². The molecule has 6 nitrogen and oxygen atoms in total. The fourth-order valence-corrected chi connectivity index (χ4v) is 3.27. The molecule has 0 bridgehead atoms. The van der Waals surface area contributed by atoms with Crippen LogP contribution in [0.4, 0.5) is 11.5 Å². The second-order valence-electron chi connectivity index (χ2n) is 6.76. The van der Waals surface area contributed by atoms with Gasteiger partial charge in [0.15, 0.2) is 0 Å². The Balaban J connectivity index is 1.71. The summed E-state index contributed by atoms with van der Waals surface area (Å²) in [4.78, 5) is 25.0. The van der Waals surface area contributed by atoms with Crippen molar-refractivity contribution < 1.29 is 9.59 Å². The Hall–Kier alpha value is -3.41. The predicted molar refractivity (Wildman–Crippen MR) is 104 cm³/mol. The van der Waals surface area contributed by atoms with Crippen molar-refractivity contribution in [3.05, 3.63) is 65.7 Å². The van der Waals surface area contributed by atoms with Crippen molar-refractivity contribution in [1.82, 2.24) is 9.78 Å². The molecule has 0 saturated carbocycles. The molecule has 1 aliphatic heterocycles. The third-order valence-corrected chi connectivity index (χ3v) is 4.75. The Morgan fingerprint density at radius 2 is 1.81 bits per heavy atom. The smallest absolute Gasteiger partial charge is 0.249 e. The number of carbonyl (C=O) groups is 2. The van der Waals surface area contributed by atoms with Crippen LogP contribution in [0.2, 0.25) is 0 Å². The van der Waals surface area contributed by atoms with Crippen molar-refractivity contribution in [2.24, 2.45) is 0 Å². The van der Waals surface area contributed by atoms with Gasteiger partial charge in [-0.1, -0.05) is 48.0 Å². The van der Waals surface area contributed by atoms with Gasteiger partial charge in [0.25, 0.3) is 0 Å². The van der Waals surface area contributed by atoms with Crippen molar-refractivity contribution >= 4 is 23.3 Å². The number of para-hydroxylation sites is 1. The molecular formula is C21H20N4O2. The van der Waals surface area contributed by atoms with Crippen LogP contribution < -0.4 is 10.6 Å². The summed E-state index contributed by atoms with van der Waals surface area (Å²) in [6.07, 6.45) is 0.0557. The van der Waals surface area contributed by atoms with Gasteiger partial charge in [0.05, 0.1) is 12.1 Å². The molecule has 2 amide bonds. The lowest BCUT2D eigenvalue weighted by atomic mass is 10.1. The number of fused-ring (bicyclic) bond motifs is 1. The number of aromatic nitrogens is 2. The molecule has 0 unspecified atom stereocenters. The van der Waals surface area contributed by atoms with E-state index in [2.05, 4.69) is 15.7 Å². The van der Waals surface area contributed by atoms with Crippen LogP contribution in [0.3, 0.4) is 0 Å². The van der Waals surface area contributed by atoms with E-state index in [1.807, 2.05) is 68.4 Å². The van der Waals surface area contributed by atoms with E-state index in [-0.39, 0.29) is 18.2 Å². The number of carbonyl (C=O) groups excluding carboxylic acids is 2. The van der Waals surface area contributed by atoms with E-state index >= 15 is 0 Å².